The van der Waals surface area contributed by atoms with Crippen molar-refractivity contribution in [3.05, 3.63) is 128 Å². The number of fused-ring (bicyclic) bond motifs is 3. The van der Waals surface area contributed by atoms with Gasteiger partial charge in [-0.2, -0.15) is 0 Å². The van der Waals surface area contributed by atoms with Gasteiger partial charge in [-0.05, 0) is 36.4 Å². The lowest BCUT2D eigenvalue weighted by Crippen LogP contribution is -2.24. The van der Waals surface area contributed by atoms with Crippen molar-refractivity contribution in [3.8, 4) is 22.5 Å². The number of nitrogens with zero attached hydrogens (tertiary/aromatic N) is 3. The SMILES string of the molecule is C1=CN(c2ccccc2-c2cccc(-c3cccc4c3sc3ccccc34)n2)CN1c1ccccc1. The van der Waals surface area contributed by atoms with Crippen molar-refractivity contribution in [2.24, 2.45) is 0 Å². The zero-order chi connectivity index (χ0) is 23.9. The Morgan fingerprint density at radius 3 is 2.14 bits per heavy atom. The van der Waals surface area contributed by atoms with Gasteiger partial charge in [0.25, 0.3) is 0 Å². The van der Waals surface area contributed by atoms with E-state index in [1.165, 1.54) is 31.4 Å². The van der Waals surface area contributed by atoms with Crippen LogP contribution in [0.2, 0.25) is 0 Å². The Morgan fingerprint density at radius 1 is 0.556 bits per heavy atom. The summed E-state index contributed by atoms with van der Waals surface area (Å²) in [5.41, 5.74) is 6.63. The van der Waals surface area contributed by atoms with Gasteiger partial charge < -0.3 is 9.80 Å². The van der Waals surface area contributed by atoms with Crippen LogP contribution in [0.25, 0.3) is 42.7 Å². The zero-order valence-corrected chi connectivity index (χ0v) is 20.4. The van der Waals surface area contributed by atoms with Crippen molar-refractivity contribution in [2.45, 2.75) is 0 Å². The third-order valence-corrected chi connectivity index (χ3v) is 7.96. The Bertz CT molecular complexity index is 1740. The van der Waals surface area contributed by atoms with Crippen LogP contribution in [0.1, 0.15) is 0 Å². The van der Waals surface area contributed by atoms with Crippen LogP contribution in [0.4, 0.5) is 11.4 Å². The van der Waals surface area contributed by atoms with Crippen molar-refractivity contribution in [2.75, 3.05) is 16.5 Å². The Labute approximate surface area is 214 Å². The summed E-state index contributed by atoms with van der Waals surface area (Å²) in [7, 11) is 0. The van der Waals surface area contributed by atoms with Gasteiger partial charge in [0.05, 0.1) is 23.7 Å². The zero-order valence-electron chi connectivity index (χ0n) is 19.6. The molecule has 0 aliphatic carbocycles. The van der Waals surface area contributed by atoms with Gasteiger partial charge in [0.2, 0.25) is 0 Å². The van der Waals surface area contributed by atoms with Gasteiger partial charge in [-0.25, -0.2) is 4.98 Å². The van der Waals surface area contributed by atoms with Crippen LogP contribution in [0, 0.1) is 0 Å². The lowest BCUT2D eigenvalue weighted by molar-refractivity contribution is 0.976. The van der Waals surface area contributed by atoms with Gasteiger partial charge in [0.15, 0.2) is 0 Å². The molecule has 0 radical (unpaired) electrons. The number of hydrogen-bond donors (Lipinski definition) is 0. The van der Waals surface area contributed by atoms with Crippen molar-refractivity contribution in [1.29, 1.82) is 0 Å². The predicted octanol–water partition coefficient (Wildman–Crippen LogP) is 8.54. The van der Waals surface area contributed by atoms with Crippen LogP contribution >= 0.6 is 11.3 Å². The van der Waals surface area contributed by atoms with Gasteiger partial charge >= 0.3 is 0 Å². The van der Waals surface area contributed by atoms with E-state index in [4.69, 9.17) is 4.98 Å². The fourth-order valence-corrected chi connectivity index (χ4v) is 6.21. The highest BCUT2D eigenvalue weighted by Crippen LogP contribution is 2.40. The minimum atomic E-state index is 0.766. The molecule has 36 heavy (non-hydrogen) atoms. The Hall–Kier alpha value is -4.41. The van der Waals surface area contributed by atoms with E-state index in [1.54, 1.807) is 0 Å². The van der Waals surface area contributed by atoms with Crippen LogP contribution in [0.3, 0.4) is 0 Å². The van der Waals surface area contributed by atoms with Crippen LogP contribution in [-0.2, 0) is 0 Å². The van der Waals surface area contributed by atoms with E-state index in [-0.39, 0.29) is 0 Å². The summed E-state index contributed by atoms with van der Waals surface area (Å²) >= 11 is 1.84. The molecule has 0 N–H and O–H groups in total. The minimum Gasteiger partial charge on any atom is -0.328 e. The number of benzene rings is 4. The summed E-state index contributed by atoms with van der Waals surface area (Å²) in [4.78, 5) is 9.72. The molecule has 1 aliphatic rings. The summed E-state index contributed by atoms with van der Waals surface area (Å²) in [6, 6.07) is 40.6. The van der Waals surface area contributed by atoms with E-state index < -0.39 is 0 Å². The third-order valence-electron chi connectivity index (χ3n) is 6.74. The summed E-state index contributed by atoms with van der Waals surface area (Å²) in [6.07, 6.45) is 4.28. The highest BCUT2D eigenvalue weighted by molar-refractivity contribution is 7.26. The van der Waals surface area contributed by atoms with Crippen LogP contribution in [-0.4, -0.2) is 11.7 Å². The molecule has 4 aromatic carbocycles. The smallest absolute Gasteiger partial charge is 0.0989 e. The topological polar surface area (TPSA) is 19.4 Å². The molecular formula is C32H23N3S. The molecule has 172 valence electrons. The lowest BCUT2D eigenvalue weighted by atomic mass is 10.0. The fraction of sp³-hybridized carbons (Fsp3) is 0.0312. The van der Waals surface area contributed by atoms with Crippen LogP contribution in [0.5, 0.6) is 0 Å². The molecule has 0 amide bonds. The maximum atomic E-state index is 5.19. The summed E-state index contributed by atoms with van der Waals surface area (Å²) in [5.74, 6) is 0. The van der Waals surface area contributed by atoms with Gasteiger partial charge in [-0.15, -0.1) is 11.3 Å². The van der Waals surface area contributed by atoms with Gasteiger partial charge in [-0.3, -0.25) is 0 Å². The molecule has 7 rings (SSSR count). The van der Waals surface area contributed by atoms with Gasteiger partial charge in [-0.1, -0.05) is 78.9 Å². The van der Waals surface area contributed by atoms with Crippen molar-refractivity contribution in [3.63, 3.8) is 0 Å². The summed E-state index contributed by atoms with van der Waals surface area (Å²) < 4.78 is 2.60. The average molecular weight is 482 g/mol. The van der Waals surface area contributed by atoms with Crippen molar-refractivity contribution < 1.29 is 0 Å². The molecular weight excluding hydrogens is 458 g/mol. The summed E-state index contributed by atoms with van der Waals surface area (Å²) in [6.45, 7) is 0.766. The Kier molecular flexibility index (Phi) is 5.04. The number of thiophene rings is 1. The number of aromatic nitrogens is 1. The van der Waals surface area contributed by atoms with Crippen LogP contribution < -0.4 is 9.80 Å². The van der Waals surface area contributed by atoms with E-state index in [1.807, 2.05) is 17.4 Å². The molecule has 0 saturated carbocycles. The molecule has 0 atom stereocenters. The molecule has 0 saturated heterocycles. The van der Waals surface area contributed by atoms with Gasteiger partial charge in [0, 0.05) is 49.4 Å². The molecule has 3 nitrogen and oxygen atoms in total. The second-order valence-corrected chi connectivity index (χ2v) is 9.97. The van der Waals surface area contributed by atoms with E-state index in [2.05, 4.69) is 131 Å². The molecule has 1 aliphatic heterocycles. The Balaban J connectivity index is 1.28. The highest BCUT2D eigenvalue weighted by Gasteiger charge is 2.19. The quantitative estimate of drug-likeness (QED) is 0.251. The number of anilines is 2. The van der Waals surface area contributed by atoms with E-state index in [9.17, 15) is 0 Å². The number of rotatable bonds is 4. The van der Waals surface area contributed by atoms with E-state index in [0.29, 0.717) is 0 Å². The molecule has 0 fully saturated rings. The van der Waals surface area contributed by atoms with Gasteiger partial charge in [0.1, 0.15) is 0 Å². The molecule has 6 aromatic rings. The number of para-hydroxylation sites is 2. The monoisotopic (exact) mass is 481 g/mol. The van der Waals surface area contributed by atoms with E-state index >= 15 is 0 Å². The second kappa shape index (κ2) is 8.67. The first-order valence-electron chi connectivity index (χ1n) is 12.1. The van der Waals surface area contributed by atoms with E-state index in [0.717, 1.165) is 29.3 Å². The Morgan fingerprint density at radius 2 is 1.22 bits per heavy atom. The largest absolute Gasteiger partial charge is 0.328 e. The second-order valence-electron chi connectivity index (χ2n) is 8.92. The molecule has 0 unspecified atom stereocenters. The van der Waals surface area contributed by atoms with Crippen molar-refractivity contribution >= 4 is 42.9 Å². The maximum Gasteiger partial charge on any atom is 0.0989 e. The molecule has 4 heteroatoms. The maximum absolute atomic E-state index is 5.19. The molecule has 2 aromatic heterocycles. The minimum absolute atomic E-state index is 0.766. The molecule has 0 spiro atoms. The highest BCUT2D eigenvalue weighted by atomic mass is 32.1. The van der Waals surface area contributed by atoms with Crippen LogP contribution in [0.15, 0.2) is 128 Å². The van der Waals surface area contributed by atoms with Crippen molar-refractivity contribution in [1.82, 2.24) is 4.98 Å². The first-order valence-corrected chi connectivity index (χ1v) is 12.9. The average Bonchev–Trinajstić information content (AvgIpc) is 3.59. The first-order chi connectivity index (χ1) is 17.8. The first kappa shape index (κ1) is 20.9. The third kappa shape index (κ3) is 3.55. The molecule has 0 bridgehead atoms. The molecule has 3 heterocycles. The normalized spacial score (nSPS) is 13.2. The predicted molar refractivity (Wildman–Crippen MR) is 153 cm³/mol. The number of hydrogen-bond acceptors (Lipinski definition) is 4. The lowest BCUT2D eigenvalue weighted by Gasteiger charge is -2.23. The summed E-state index contributed by atoms with van der Waals surface area (Å²) in [5, 5.41) is 2.61. The standard InChI is InChI=1S/C32H23N3S/c1-2-10-23(11-3-1)34-20-21-35(22-34)30-18-6-4-13-26(30)28-16-9-17-29(33-28)27-15-8-14-25-24-12-5-7-19-31(24)36-32(25)27/h1-21H,22H2. The fourth-order valence-electron chi connectivity index (χ4n) is 4.99. The number of pyridine rings is 1.